The van der Waals surface area contributed by atoms with Crippen LogP contribution in [-0.2, 0) is 10.0 Å². The molecule has 2 rings (SSSR count). The second-order valence-electron chi connectivity index (χ2n) is 7.27. The molecular formula is C15H29N3O3S. The summed E-state index contributed by atoms with van der Waals surface area (Å²) in [6.07, 6.45) is 3.24. The molecule has 0 unspecified atom stereocenters. The molecule has 0 spiro atoms. The summed E-state index contributed by atoms with van der Waals surface area (Å²) in [7, 11) is -3.06. The van der Waals surface area contributed by atoms with Crippen LogP contribution in [0.1, 0.15) is 40.0 Å². The Morgan fingerprint density at radius 1 is 1.23 bits per heavy atom. The summed E-state index contributed by atoms with van der Waals surface area (Å²) in [4.78, 5) is 14.1. The highest BCUT2D eigenvalue weighted by molar-refractivity contribution is 7.89. The molecule has 22 heavy (non-hydrogen) atoms. The van der Waals surface area contributed by atoms with Gasteiger partial charge in [0.2, 0.25) is 10.0 Å². The quantitative estimate of drug-likeness (QED) is 0.848. The lowest BCUT2D eigenvalue weighted by molar-refractivity contribution is 0.175. The molecule has 0 aliphatic carbocycles. The van der Waals surface area contributed by atoms with Crippen LogP contribution in [0.4, 0.5) is 4.79 Å². The van der Waals surface area contributed by atoms with Gasteiger partial charge in [0.05, 0.1) is 5.75 Å². The number of nitrogens with zero attached hydrogens (tertiary/aromatic N) is 2. The molecule has 128 valence electrons. The standard InChI is InChI=1S/C15H29N3O3S/c1-4-22(20,21)18-11-13(12-18)10-16-14(19)17-8-5-6-15(2,3)7-9-17/h13H,4-12H2,1-3H3,(H,16,19). The molecule has 0 aromatic carbocycles. The summed E-state index contributed by atoms with van der Waals surface area (Å²) < 4.78 is 24.8. The van der Waals surface area contributed by atoms with E-state index in [1.54, 1.807) is 6.92 Å². The summed E-state index contributed by atoms with van der Waals surface area (Å²) in [6, 6.07) is -0.00509. The summed E-state index contributed by atoms with van der Waals surface area (Å²) in [5.74, 6) is 0.393. The van der Waals surface area contributed by atoms with Crippen LogP contribution < -0.4 is 5.32 Å². The fourth-order valence-electron chi connectivity index (χ4n) is 3.03. The molecule has 2 saturated heterocycles. The molecule has 2 fully saturated rings. The van der Waals surface area contributed by atoms with Gasteiger partial charge in [-0.05, 0) is 31.6 Å². The van der Waals surface area contributed by atoms with Crippen molar-refractivity contribution in [1.82, 2.24) is 14.5 Å². The molecule has 1 N–H and O–H groups in total. The third kappa shape index (κ3) is 4.35. The number of carbonyl (C=O) groups is 1. The van der Waals surface area contributed by atoms with Crippen LogP contribution in [-0.4, -0.2) is 62.1 Å². The molecule has 6 nitrogen and oxygen atoms in total. The predicted octanol–water partition coefficient (Wildman–Crippen LogP) is 1.49. The van der Waals surface area contributed by atoms with E-state index in [2.05, 4.69) is 19.2 Å². The normalized spacial score (nSPS) is 23.7. The van der Waals surface area contributed by atoms with Crippen LogP contribution in [0, 0.1) is 11.3 Å². The monoisotopic (exact) mass is 331 g/mol. The summed E-state index contributed by atoms with van der Waals surface area (Å²) in [5.41, 5.74) is 0.317. The molecular weight excluding hydrogens is 302 g/mol. The van der Waals surface area contributed by atoms with Crippen LogP contribution in [0.3, 0.4) is 0 Å². The molecule has 2 aliphatic rings. The molecule has 0 radical (unpaired) electrons. The SMILES string of the molecule is CCS(=O)(=O)N1CC(CNC(=O)N2CCCC(C)(C)CC2)C1. The Hall–Kier alpha value is -0.820. The van der Waals surface area contributed by atoms with E-state index in [0.717, 1.165) is 32.4 Å². The highest BCUT2D eigenvalue weighted by atomic mass is 32.2. The largest absolute Gasteiger partial charge is 0.338 e. The minimum absolute atomic E-state index is 0.00509. The van der Waals surface area contributed by atoms with Crippen molar-refractivity contribution >= 4 is 16.1 Å². The molecule has 0 aromatic heterocycles. The topological polar surface area (TPSA) is 69.7 Å². The van der Waals surface area contributed by atoms with E-state index in [1.165, 1.54) is 4.31 Å². The van der Waals surface area contributed by atoms with Crippen molar-refractivity contribution in [1.29, 1.82) is 0 Å². The number of hydrogen-bond donors (Lipinski definition) is 1. The van der Waals surface area contributed by atoms with Crippen molar-refractivity contribution in [3.8, 4) is 0 Å². The highest BCUT2D eigenvalue weighted by Crippen LogP contribution is 2.29. The first kappa shape index (κ1) is 17.5. The maximum atomic E-state index is 12.2. The van der Waals surface area contributed by atoms with E-state index in [0.29, 0.717) is 25.0 Å². The van der Waals surface area contributed by atoms with Crippen LogP contribution in [0.5, 0.6) is 0 Å². The van der Waals surface area contributed by atoms with Crippen LogP contribution in [0.2, 0.25) is 0 Å². The van der Waals surface area contributed by atoms with Gasteiger partial charge >= 0.3 is 6.03 Å². The van der Waals surface area contributed by atoms with E-state index < -0.39 is 10.0 Å². The van der Waals surface area contributed by atoms with Crippen molar-refractivity contribution in [3.63, 3.8) is 0 Å². The van der Waals surface area contributed by atoms with Gasteiger partial charge in [-0.25, -0.2) is 17.5 Å². The number of hydrogen-bond acceptors (Lipinski definition) is 3. The second kappa shape index (κ2) is 6.74. The van der Waals surface area contributed by atoms with E-state index >= 15 is 0 Å². The van der Waals surface area contributed by atoms with Gasteiger partial charge in [0, 0.05) is 38.6 Å². The maximum absolute atomic E-state index is 12.2. The third-order valence-electron chi connectivity index (χ3n) is 4.85. The van der Waals surface area contributed by atoms with Crippen molar-refractivity contribution in [2.24, 2.45) is 11.3 Å². The fourth-order valence-corrected chi connectivity index (χ4v) is 4.27. The lowest BCUT2D eigenvalue weighted by Gasteiger charge is -2.38. The molecule has 0 atom stereocenters. The van der Waals surface area contributed by atoms with Crippen molar-refractivity contribution in [3.05, 3.63) is 0 Å². The zero-order chi connectivity index (χ0) is 16.4. The Morgan fingerprint density at radius 2 is 1.91 bits per heavy atom. The molecule has 7 heteroatoms. The van der Waals surface area contributed by atoms with E-state index in [-0.39, 0.29) is 17.7 Å². The molecule has 2 heterocycles. The lowest BCUT2D eigenvalue weighted by Crippen LogP contribution is -2.55. The molecule has 0 bridgehead atoms. The van der Waals surface area contributed by atoms with Gasteiger partial charge in [0.15, 0.2) is 0 Å². The number of amides is 2. The van der Waals surface area contributed by atoms with Crippen LogP contribution in [0.25, 0.3) is 0 Å². The highest BCUT2D eigenvalue weighted by Gasteiger charge is 2.35. The minimum Gasteiger partial charge on any atom is -0.338 e. The van der Waals surface area contributed by atoms with E-state index in [9.17, 15) is 13.2 Å². The molecule has 0 saturated carbocycles. The first-order valence-electron chi connectivity index (χ1n) is 8.24. The zero-order valence-electron chi connectivity index (χ0n) is 14.0. The molecule has 2 aliphatic heterocycles. The fraction of sp³-hybridized carbons (Fsp3) is 0.933. The summed E-state index contributed by atoms with van der Waals surface area (Å²) in [5, 5.41) is 2.96. The van der Waals surface area contributed by atoms with Crippen molar-refractivity contribution in [2.75, 3.05) is 38.5 Å². The first-order valence-corrected chi connectivity index (χ1v) is 9.85. The van der Waals surface area contributed by atoms with E-state index in [1.807, 2.05) is 4.90 Å². The predicted molar refractivity (Wildman–Crippen MR) is 87.1 cm³/mol. The van der Waals surface area contributed by atoms with Crippen LogP contribution in [0.15, 0.2) is 0 Å². The first-order chi connectivity index (χ1) is 10.2. The average molecular weight is 331 g/mol. The third-order valence-corrected chi connectivity index (χ3v) is 6.67. The average Bonchev–Trinajstić information content (AvgIpc) is 2.57. The second-order valence-corrected chi connectivity index (χ2v) is 9.53. The zero-order valence-corrected chi connectivity index (χ0v) is 14.8. The summed E-state index contributed by atoms with van der Waals surface area (Å²) in [6.45, 7) is 9.42. The van der Waals surface area contributed by atoms with E-state index in [4.69, 9.17) is 0 Å². The Labute approximate surface area is 134 Å². The number of nitrogens with one attached hydrogen (secondary N) is 1. The van der Waals surface area contributed by atoms with Gasteiger partial charge in [0.25, 0.3) is 0 Å². The molecule has 2 amide bonds. The number of carbonyl (C=O) groups excluding carboxylic acids is 1. The Balaban J connectivity index is 1.71. The van der Waals surface area contributed by atoms with Crippen molar-refractivity contribution in [2.45, 2.75) is 40.0 Å². The summed E-state index contributed by atoms with van der Waals surface area (Å²) >= 11 is 0. The van der Waals surface area contributed by atoms with Gasteiger partial charge < -0.3 is 10.2 Å². The lowest BCUT2D eigenvalue weighted by atomic mass is 9.85. The van der Waals surface area contributed by atoms with Crippen molar-refractivity contribution < 1.29 is 13.2 Å². The Kier molecular flexibility index (Phi) is 5.37. The van der Waals surface area contributed by atoms with Gasteiger partial charge in [-0.2, -0.15) is 0 Å². The van der Waals surface area contributed by atoms with Gasteiger partial charge in [-0.3, -0.25) is 0 Å². The number of urea groups is 1. The van der Waals surface area contributed by atoms with Gasteiger partial charge in [-0.1, -0.05) is 13.8 Å². The number of sulfonamides is 1. The maximum Gasteiger partial charge on any atom is 0.317 e. The minimum atomic E-state index is -3.06. The smallest absolute Gasteiger partial charge is 0.317 e. The Morgan fingerprint density at radius 3 is 2.55 bits per heavy atom. The number of rotatable bonds is 4. The van der Waals surface area contributed by atoms with Gasteiger partial charge in [-0.15, -0.1) is 0 Å². The van der Waals surface area contributed by atoms with Crippen LogP contribution >= 0.6 is 0 Å². The molecule has 0 aromatic rings. The number of likely N-dealkylation sites (tertiary alicyclic amines) is 1. The Bertz CT molecular complexity index is 498. The van der Waals surface area contributed by atoms with Gasteiger partial charge in [0.1, 0.15) is 0 Å².